The maximum atomic E-state index is 12.1. The van der Waals surface area contributed by atoms with Crippen LogP contribution in [0.4, 0.5) is 16.3 Å². The summed E-state index contributed by atoms with van der Waals surface area (Å²) in [6, 6.07) is 3.78. The number of carbonyl (C=O) groups excluding carboxylic acids is 2. The topological polar surface area (TPSA) is 74.8 Å². The molecule has 0 unspecified atom stereocenters. The van der Waals surface area contributed by atoms with E-state index in [4.69, 9.17) is 4.74 Å². The number of anilines is 2. The molecule has 1 aliphatic heterocycles. The first kappa shape index (κ1) is 19.0. The van der Waals surface area contributed by atoms with Crippen molar-refractivity contribution in [2.24, 2.45) is 5.92 Å². The standard InChI is InChI=1S/C18H28N4O3/c1-4-14(5-2)17(23)20-16-8-7-15(13-19-16)21-9-11-22(12-10-21)18(24)25-6-3/h7-8,13-14H,4-6,9-12H2,1-3H3,(H,19,20,23). The lowest BCUT2D eigenvalue weighted by Gasteiger charge is -2.35. The highest BCUT2D eigenvalue weighted by molar-refractivity contribution is 5.91. The van der Waals surface area contributed by atoms with Gasteiger partial charge in [-0.3, -0.25) is 4.79 Å². The molecule has 0 radical (unpaired) electrons. The zero-order valence-electron chi connectivity index (χ0n) is 15.3. The van der Waals surface area contributed by atoms with E-state index in [9.17, 15) is 9.59 Å². The number of pyridine rings is 1. The molecule has 0 bridgehead atoms. The van der Waals surface area contributed by atoms with Crippen LogP contribution in [0.5, 0.6) is 0 Å². The molecule has 0 saturated carbocycles. The average Bonchev–Trinajstić information content (AvgIpc) is 2.64. The van der Waals surface area contributed by atoms with Crippen LogP contribution in [0.25, 0.3) is 0 Å². The van der Waals surface area contributed by atoms with Crippen LogP contribution in [0.1, 0.15) is 33.6 Å². The molecule has 7 heteroatoms. The van der Waals surface area contributed by atoms with Crippen molar-refractivity contribution < 1.29 is 14.3 Å². The van der Waals surface area contributed by atoms with Crippen LogP contribution in [0.2, 0.25) is 0 Å². The summed E-state index contributed by atoms with van der Waals surface area (Å²) in [5, 5.41) is 2.87. The molecule has 1 aliphatic rings. The third-order valence-corrected chi connectivity index (χ3v) is 4.53. The Hall–Kier alpha value is -2.31. The van der Waals surface area contributed by atoms with E-state index >= 15 is 0 Å². The van der Waals surface area contributed by atoms with Gasteiger partial charge >= 0.3 is 6.09 Å². The number of ether oxygens (including phenoxy) is 1. The molecule has 7 nitrogen and oxygen atoms in total. The average molecular weight is 348 g/mol. The lowest BCUT2D eigenvalue weighted by atomic mass is 10.0. The second kappa shape index (κ2) is 9.25. The minimum absolute atomic E-state index is 0.0216. The van der Waals surface area contributed by atoms with E-state index in [1.807, 2.05) is 32.9 Å². The Labute approximate surface area is 149 Å². The van der Waals surface area contributed by atoms with Crippen LogP contribution in [0, 0.1) is 5.92 Å². The number of amides is 2. The third kappa shape index (κ3) is 5.08. The van der Waals surface area contributed by atoms with Crippen molar-refractivity contribution in [1.82, 2.24) is 9.88 Å². The summed E-state index contributed by atoms with van der Waals surface area (Å²) in [6.45, 7) is 8.97. The van der Waals surface area contributed by atoms with Crippen molar-refractivity contribution in [2.75, 3.05) is 43.0 Å². The molecule has 2 rings (SSSR count). The largest absolute Gasteiger partial charge is 0.450 e. The van der Waals surface area contributed by atoms with Gasteiger partial charge in [0.15, 0.2) is 0 Å². The molecule has 1 fully saturated rings. The van der Waals surface area contributed by atoms with Crippen LogP contribution < -0.4 is 10.2 Å². The lowest BCUT2D eigenvalue weighted by Crippen LogP contribution is -2.49. The van der Waals surface area contributed by atoms with Crippen molar-refractivity contribution >= 4 is 23.5 Å². The van der Waals surface area contributed by atoms with E-state index < -0.39 is 0 Å². The quantitative estimate of drug-likeness (QED) is 0.855. The van der Waals surface area contributed by atoms with Gasteiger partial charge in [0.2, 0.25) is 5.91 Å². The first-order valence-electron chi connectivity index (χ1n) is 9.02. The van der Waals surface area contributed by atoms with Crippen molar-refractivity contribution in [3.05, 3.63) is 18.3 Å². The molecule has 0 atom stereocenters. The second-order valence-electron chi connectivity index (χ2n) is 6.08. The Morgan fingerprint density at radius 2 is 1.84 bits per heavy atom. The first-order valence-corrected chi connectivity index (χ1v) is 9.02. The monoisotopic (exact) mass is 348 g/mol. The van der Waals surface area contributed by atoms with E-state index in [-0.39, 0.29) is 17.9 Å². The Morgan fingerprint density at radius 1 is 1.16 bits per heavy atom. The Kier molecular flexibility index (Phi) is 7.03. The third-order valence-electron chi connectivity index (χ3n) is 4.53. The summed E-state index contributed by atoms with van der Waals surface area (Å²) in [4.78, 5) is 32.1. The van der Waals surface area contributed by atoms with Gasteiger partial charge in [0.25, 0.3) is 0 Å². The van der Waals surface area contributed by atoms with Gasteiger partial charge in [-0.05, 0) is 31.9 Å². The highest BCUT2D eigenvalue weighted by atomic mass is 16.6. The van der Waals surface area contributed by atoms with Crippen LogP contribution in [-0.4, -0.2) is 54.7 Å². The van der Waals surface area contributed by atoms with Crippen LogP contribution >= 0.6 is 0 Å². The summed E-state index contributed by atoms with van der Waals surface area (Å²) in [5.74, 6) is 0.622. The Bertz CT molecular complexity index is 564. The maximum Gasteiger partial charge on any atom is 0.409 e. The molecule has 2 heterocycles. The van der Waals surface area contributed by atoms with Crippen molar-refractivity contribution in [1.29, 1.82) is 0 Å². The molecule has 1 aromatic heterocycles. The molecule has 138 valence electrons. The highest BCUT2D eigenvalue weighted by Gasteiger charge is 2.22. The van der Waals surface area contributed by atoms with Gasteiger partial charge in [-0.25, -0.2) is 9.78 Å². The van der Waals surface area contributed by atoms with E-state index in [0.717, 1.165) is 31.6 Å². The number of carbonyl (C=O) groups is 2. The molecule has 1 saturated heterocycles. The predicted octanol–water partition coefficient (Wildman–Crippen LogP) is 2.73. The SMILES string of the molecule is CCOC(=O)N1CCN(c2ccc(NC(=O)C(CC)CC)nc2)CC1. The van der Waals surface area contributed by atoms with Crippen molar-refractivity contribution in [3.8, 4) is 0 Å². The maximum absolute atomic E-state index is 12.1. The number of rotatable bonds is 6. The fourth-order valence-corrected chi connectivity index (χ4v) is 2.90. The van der Waals surface area contributed by atoms with Crippen LogP contribution in [-0.2, 0) is 9.53 Å². The molecule has 1 N–H and O–H groups in total. The van der Waals surface area contributed by atoms with Crippen molar-refractivity contribution in [2.45, 2.75) is 33.6 Å². The molecule has 1 aromatic rings. The predicted molar refractivity (Wildman–Crippen MR) is 97.7 cm³/mol. The normalized spacial score (nSPS) is 14.6. The summed E-state index contributed by atoms with van der Waals surface area (Å²) in [6.07, 6.45) is 3.17. The Balaban J connectivity index is 1.88. The van der Waals surface area contributed by atoms with Gasteiger partial charge in [-0.15, -0.1) is 0 Å². The number of piperazine rings is 1. The molecular weight excluding hydrogens is 320 g/mol. The van der Waals surface area contributed by atoms with Crippen molar-refractivity contribution in [3.63, 3.8) is 0 Å². The lowest BCUT2D eigenvalue weighted by molar-refractivity contribution is -0.120. The number of hydrogen-bond acceptors (Lipinski definition) is 5. The molecule has 0 spiro atoms. The zero-order valence-corrected chi connectivity index (χ0v) is 15.3. The van der Waals surface area contributed by atoms with Gasteiger partial charge in [-0.2, -0.15) is 0 Å². The minimum atomic E-state index is -0.250. The second-order valence-corrected chi connectivity index (χ2v) is 6.08. The summed E-state index contributed by atoms with van der Waals surface area (Å²) in [5.41, 5.74) is 0.990. The zero-order chi connectivity index (χ0) is 18.2. The summed E-state index contributed by atoms with van der Waals surface area (Å²) < 4.78 is 5.03. The van der Waals surface area contributed by atoms with Gasteiger partial charge in [0.05, 0.1) is 18.5 Å². The van der Waals surface area contributed by atoms with Crippen LogP contribution in [0.15, 0.2) is 18.3 Å². The Morgan fingerprint density at radius 3 is 2.36 bits per heavy atom. The van der Waals surface area contributed by atoms with E-state index in [1.54, 1.807) is 11.1 Å². The molecule has 25 heavy (non-hydrogen) atoms. The summed E-state index contributed by atoms with van der Waals surface area (Å²) in [7, 11) is 0. The number of hydrogen-bond donors (Lipinski definition) is 1. The van der Waals surface area contributed by atoms with Gasteiger partial charge in [0, 0.05) is 32.1 Å². The van der Waals surface area contributed by atoms with Gasteiger partial charge in [-0.1, -0.05) is 13.8 Å². The fourth-order valence-electron chi connectivity index (χ4n) is 2.90. The molecule has 2 amide bonds. The molecule has 0 aliphatic carbocycles. The smallest absolute Gasteiger partial charge is 0.409 e. The van der Waals surface area contributed by atoms with Gasteiger partial charge < -0.3 is 19.9 Å². The number of aromatic nitrogens is 1. The minimum Gasteiger partial charge on any atom is -0.450 e. The molecule has 0 aromatic carbocycles. The van der Waals surface area contributed by atoms with Gasteiger partial charge in [0.1, 0.15) is 5.82 Å². The van der Waals surface area contributed by atoms with E-state index in [0.29, 0.717) is 25.5 Å². The van der Waals surface area contributed by atoms with E-state index in [2.05, 4.69) is 15.2 Å². The van der Waals surface area contributed by atoms with E-state index in [1.165, 1.54) is 0 Å². The number of nitrogens with one attached hydrogen (secondary N) is 1. The number of nitrogens with zero attached hydrogens (tertiary/aromatic N) is 3. The fraction of sp³-hybridized carbons (Fsp3) is 0.611. The molecular formula is C18H28N4O3. The van der Waals surface area contributed by atoms with Crippen LogP contribution in [0.3, 0.4) is 0 Å². The first-order chi connectivity index (χ1) is 12.1. The highest BCUT2D eigenvalue weighted by Crippen LogP contribution is 2.18. The summed E-state index contributed by atoms with van der Waals surface area (Å²) >= 11 is 0.